The van der Waals surface area contributed by atoms with Crippen molar-refractivity contribution in [1.29, 1.82) is 0 Å². The maximum absolute atomic E-state index is 12.1. The highest BCUT2D eigenvalue weighted by Gasteiger charge is 2.14. The van der Waals surface area contributed by atoms with Crippen molar-refractivity contribution in [1.82, 2.24) is 14.8 Å². The molecule has 2 aromatic carbocycles. The molecule has 0 aliphatic carbocycles. The van der Waals surface area contributed by atoms with E-state index in [0.29, 0.717) is 5.75 Å². The Morgan fingerprint density at radius 3 is 2.48 bits per heavy atom. The lowest BCUT2D eigenvalue weighted by Gasteiger charge is -2.08. The second-order valence-corrected chi connectivity index (χ2v) is 6.56. The largest absolute Gasteiger partial charge is 0.325 e. The number of hydrogen-bond donors (Lipinski definition) is 1. The predicted molar refractivity (Wildman–Crippen MR) is 102 cm³/mol. The van der Waals surface area contributed by atoms with Crippen molar-refractivity contribution >= 4 is 23.4 Å². The Balaban J connectivity index is 1.69. The molecule has 0 saturated heterocycles. The summed E-state index contributed by atoms with van der Waals surface area (Å²) in [6.07, 6.45) is 0. The summed E-state index contributed by atoms with van der Waals surface area (Å²) in [7, 11) is 0. The number of amides is 1. The zero-order valence-electron chi connectivity index (χ0n) is 14.3. The van der Waals surface area contributed by atoms with E-state index in [1.165, 1.54) is 17.3 Å². The van der Waals surface area contributed by atoms with Gasteiger partial charge in [-0.3, -0.25) is 4.79 Å². The van der Waals surface area contributed by atoms with E-state index in [0.717, 1.165) is 28.8 Å². The molecule has 5 nitrogen and oxygen atoms in total. The molecule has 0 aliphatic rings. The SMILES string of the molecule is CCn1c(SCC(=O)Nc2ccccc2)nnc1-c1ccc(C)cc1. The molecule has 0 saturated carbocycles. The first-order valence-electron chi connectivity index (χ1n) is 8.15. The van der Waals surface area contributed by atoms with E-state index < -0.39 is 0 Å². The summed E-state index contributed by atoms with van der Waals surface area (Å²) in [6, 6.07) is 17.6. The molecule has 0 bridgehead atoms. The van der Waals surface area contributed by atoms with Gasteiger partial charge in [0, 0.05) is 17.8 Å². The van der Waals surface area contributed by atoms with Crippen molar-refractivity contribution < 1.29 is 4.79 Å². The summed E-state index contributed by atoms with van der Waals surface area (Å²) >= 11 is 1.39. The Bertz CT molecular complexity index is 844. The lowest BCUT2D eigenvalue weighted by molar-refractivity contribution is -0.113. The molecule has 0 unspecified atom stereocenters. The number of thioether (sulfide) groups is 1. The average Bonchev–Trinajstić information content (AvgIpc) is 3.04. The minimum atomic E-state index is -0.0567. The van der Waals surface area contributed by atoms with Crippen LogP contribution < -0.4 is 5.32 Å². The quantitative estimate of drug-likeness (QED) is 0.681. The van der Waals surface area contributed by atoms with Crippen LogP contribution in [0.15, 0.2) is 59.8 Å². The fourth-order valence-corrected chi connectivity index (χ4v) is 3.25. The smallest absolute Gasteiger partial charge is 0.234 e. The number of aryl methyl sites for hydroxylation is 1. The molecule has 0 fully saturated rings. The lowest BCUT2D eigenvalue weighted by Crippen LogP contribution is -2.14. The van der Waals surface area contributed by atoms with E-state index in [9.17, 15) is 4.79 Å². The number of aromatic nitrogens is 3. The van der Waals surface area contributed by atoms with Crippen molar-refractivity contribution in [3.8, 4) is 11.4 Å². The molecule has 0 atom stereocenters. The minimum absolute atomic E-state index is 0.0567. The van der Waals surface area contributed by atoms with Crippen LogP contribution in [0.3, 0.4) is 0 Å². The van der Waals surface area contributed by atoms with Crippen LogP contribution in [-0.4, -0.2) is 26.4 Å². The van der Waals surface area contributed by atoms with Crippen LogP contribution in [0.25, 0.3) is 11.4 Å². The van der Waals surface area contributed by atoms with Crippen LogP contribution >= 0.6 is 11.8 Å². The number of carbonyl (C=O) groups excluding carboxylic acids is 1. The molecule has 0 radical (unpaired) electrons. The number of anilines is 1. The fourth-order valence-electron chi connectivity index (χ4n) is 2.45. The van der Waals surface area contributed by atoms with Crippen LogP contribution in [0.1, 0.15) is 12.5 Å². The van der Waals surface area contributed by atoms with E-state index >= 15 is 0 Å². The van der Waals surface area contributed by atoms with Crippen LogP contribution in [0.2, 0.25) is 0 Å². The van der Waals surface area contributed by atoms with Crippen molar-refractivity contribution in [2.45, 2.75) is 25.5 Å². The van der Waals surface area contributed by atoms with Gasteiger partial charge in [-0.15, -0.1) is 10.2 Å². The third kappa shape index (κ3) is 4.28. The number of nitrogens with one attached hydrogen (secondary N) is 1. The van der Waals surface area contributed by atoms with Crippen LogP contribution in [0, 0.1) is 6.92 Å². The first kappa shape index (κ1) is 17.2. The van der Waals surface area contributed by atoms with Gasteiger partial charge in [-0.25, -0.2) is 0 Å². The van der Waals surface area contributed by atoms with Crippen molar-refractivity contribution in [2.24, 2.45) is 0 Å². The standard InChI is InChI=1S/C19H20N4OS/c1-3-23-18(15-11-9-14(2)10-12-15)21-22-19(23)25-13-17(24)20-16-7-5-4-6-8-16/h4-12H,3,13H2,1-2H3,(H,20,24). The van der Waals surface area contributed by atoms with Gasteiger partial charge in [-0.2, -0.15) is 0 Å². The minimum Gasteiger partial charge on any atom is -0.325 e. The molecule has 1 heterocycles. The second-order valence-electron chi connectivity index (χ2n) is 5.62. The third-order valence-corrected chi connectivity index (χ3v) is 4.70. The van der Waals surface area contributed by atoms with Gasteiger partial charge < -0.3 is 9.88 Å². The summed E-state index contributed by atoms with van der Waals surface area (Å²) in [5, 5.41) is 12.2. The zero-order valence-corrected chi connectivity index (χ0v) is 15.1. The van der Waals surface area contributed by atoms with Gasteiger partial charge in [-0.05, 0) is 26.0 Å². The summed E-state index contributed by atoms with van der Waals surface area (Å²) in [6.45, 7) is 4.86. The molecular formula is C19H20N4OS. The van der Waals surface area contributed by atoms with Crippen LogP contribution in [-0.2, 0) is 11.3 Å². The first-order valence-corrected chi connectivity index (χ1v) is 9.14. The highest BCUT2D eigenvalue weighted by Crippen LogP contribution is 2.24. The number of benzene rings is 2. The molecule has 3 rings (SSSR count). The van der Waals surface area contributed by atoms with Crippen molar-refractivity contribution in [3.05, 3.63) is 60.2 Å². The maximum atomic E-state index is 12.1. The summed E-state index contributed by atoms with van der Waals surface area (Å²) in [5.74, 6) is 1.06. The third-order valence-electron chi connectivity index (χ3n) is 3.73. The van der Waals surface area contributed by atoms with Crippen LogP contribution in [0.4, 0.5) is 5.69 Å². The number of para-hydroxylation sites is 1. The molecule has 1 N–H and O–H groups in total. The number of rotatable bonds is 6. The molecule has 128 valence electrons. The Labute approximate surface area is 151 Å². The van der Waals surface area contributed by atoms with Crippen molar-refractivity contribution in [2.75, 3.05) is 11.1 Å². The summed E-state index contributed by atoms with van der Waals surface area (Å²) in [5.41, 5.74) is 3.03. The lowest BCUT2D eigenvalue weighted by atomic mass is 10.1. The van der Waals surface area contributed by atoms with E-state index in [-0.39, 0.29) is 5.91 Å². The second kappa shape index (κ2) is 7.98. The van der Waals surface area contributed by atoms with Gasteiger partial charge >= 0.3 is 0 Å². The Hall–Kier alpha value is -2.60. The number of nitrogens with zero attached hydrogens (tertiary/aromatic N) is 3. The molecule has 1 aromatic heterocycles. The normalized spacial score (nSPS) is 10.6. The molecule has 0 aliphatic heterocycles. The van der Waals surface area contributed by atoms with Crippen LogP contribution in [0.5, 0.6) is 0 Å². The summed E-state index contributed by atoms with van der Waals surface area (Å²) < 4.78 is 2.03. The first-order chi connectivity index (χ1) is 12.2. The molecule has 25 heavy (non-hydrogen) atoms. The van der Waals surface area contributed by atoms with Gasteiger partial charge in [0.1, 0.15) is 0 Å². The highest BCUT2D eigenvalue weighted by molar-refractivity contribution is 7.99. The monoisotopic (exact) mass is 352 g/mol. The highest BCUT2D eigenvalue weighted by atomic mass is 32.2. The van der Waals surface area contributed by atoms with Crippen molar-refractivity contribution in [3.63, 3.8) is 0 Å². The van der Waals surface area contributed by atoms with Gasteiger partial charge in [0.25, 0.3) is 0 Å². The van der Waals surface area contributed by atoms with Gasteiger partial charge in [0.15, 0.2) is 11.0 Å². The summed E-state index contributed by atoms with van der Waals surface area (Å²) in [4.78, 5) is 12.1. The number of carbonyl (C=O) groups is 1. The topological polar surface area (TPSA) is 59.8 Å². The van der Waals surface area contributed by atoms with Gasteiger partial charge in [-0.1, -0.05) is 59.8 Å². The van der Waals surface area contributed by atoms with Gasteiger partial charge in [0.05, 0.1) is 5.75 Å². The molecule has 0 spiro atoms. The molecule has 1 amide bonds. The molecule has 6 heteroatoms. The fraction of sp³-hybridized carbons (Fsp3) is 0.211. The van der Waals surface area contributed by atoms with E-state index in [2.05, 4.69) is 41.5 Å². The number of hydrogen-bond acceptors (Lipinski definition) is 4. The van der Waals surface area contributed by atoms with E-state index in [4.69, 9.17) is 0 Å². The molecular weight excluding hydrogens is 332 g/mol. The average molecular weight is 352 g/mol. The predicted octanol–water partition coefficient (Wildman–Crippen LogP) is 4.00. The maximum Gasteiger partial charge on any atom is 0.234 e. The zero-order chi connectivity index (χ0) is 17.6. The van der Waals surface area contributed by atoms with E-state index in [1.54, 1.807) is 0 Å². The Morgan fingerprint density at radius 1 is 1.08 bits per heavy atom. The Kier molecular flexibility index (Phi) is 5.50. The van der Waals surface area contributed by atoms with E-state index in [1.807, 2.05) is 47.0 Å². The Morgan fingerprint density at radius 2 is 1.80 bits per heavy atom. The van der Waals surface area contributed by atoms with Gasteiger partial charge in [0.2, 0.25) is 5.91 Å². The molecule has 3 aromatic rings.